The Morgan fingerprint density at radius 3 is 2.92 bits per heavy atom. The standard InChI is InChI=1S/C18H17N7/c1-12-3-2-4-17(21-12)25-15(10-16(23-25)22-14-5-6-14)13-7-8-24-18(9-13)19-11-20-24/h2-4,7-11,14H,5-6H2,1H3,(H,22,23). The lowest BCUT2D eigenvalue weighted by molar-refractivity contribution is 0.845. The molecule has 0 unspecified atom stereocenters. The predicted octanol–water partition coefficient (Wildman–Crippen LogP) is 2.86. The van der Waals surface area contributed by atoms with Crippen molar-refractivity contribution in [1.82, 2.24) is 29.4 Å². The van der Waals surface area contributed by atoms with Crippen LogP contribution in [0.25, 0.3) is 22.7 Å². The van der Waals surface area contributed by atoms with Gasteiger partial charge in [0.15, 0.2) is 11.5 Å². The number of hydrogen-bond donors (Lipinski definition) is 1. The van der Waals surface area contributed by atoms with Crippen LogP contribution in [0, 0.1) is 6.92 Å². The van der Waals surface area contributed by atoms with Gasteiger partial charge in [-0.25, -0.2) is 19.2 Å². The molecule has 1 fully saturated rings. The van der Waals surface area contributed by atoms with Gasteiger partial charge in [0.2, 0.25) is 0 Å². The van der Waals surface area contributed by atoms with E-state index in [2.05, 4.69) is 26.4 Å². The molecule has 7 heteroatoms. The summed E-state index contributed by atoms with van der Waals surface area (Å²) >= 11 is 0. The largest absolute Gasteiger partial charge is 0.366 e. The van der Waals surface area contributed by atoms with Gasteiger partial charge in [-0.15, -0.1) is 5.10 Å². The minimum absolute atomic E-state index is 0.542. The SMILES string of the molecule is Cc1cccc(-n2nc(NC3CC3)cc2-c2ccn3ncnc3c2)n1. The first kappa shape index (κ1) is 14.2. The lowest BCUT2D eigenvalue weighted by atomic mass is 10.2. The fraction of sp³-hybridized carbons (Fsp3) is 0.222. The van der Waals surface area contributed by atoms with E-state index in [4.69, 9.17) is 5.10 Å². The second-order valence-corrected chi connectivity index (χ2v) is 6.36. The summed E-state index contributed by atoms with van der Waals surface area (Å²) in [6.07, 6.45) is 5.87. The van der Waals surface area contributed by atoms with E-state index in [9.17, 15) is 0 Å². The summed E-state index contributed by atoms with van der Waals surface area (Å²) < 4.78 is 3.64. The summed E-state index contributed by atoms with van der Waals surface area (Å²) in [4.78, 5) is 8.91. The van der Waals surface area contributed by atoms with E-state index in [-0.39, 0.29) is 0 Å². The molecule has 0 aromatic carbocycles. The van der Waals surface area contributed by atoms with E-state index in [0.717, 1.165) is 34.2 Å². The number of nitrogens with one attached hydrogen (secondary N) is 1. The molecule has 7 nitrogen and oxygen atoms in total. The smallest absolute Gasteiger partial charge is 0.155 e. The normalized spacial score (nSPS) is 14.1. The van der Waals surface area contributed by atoms with E-state index in [1.807, 2.05) is 48.1 Å². The Bertz CT molecular complexity index is 1060. The van der Waals surface area contributed by atoms with Crippen LogP contribution in [0.5, 0.6) is 0 Å². The van der Waals surface area contributed by atoms with Crippen LogP contribution in [0.3, 0.4) is 0 Å². The predicted molar refractivity (Wildman–Crippen MR) is 94.7 cm³/mol. The van der Waals surface area contributed by atoms with Crippen LogP contribution in [0.4, 0.5) is 5.82 Å². The molecule has 0 aliphatic heterocycles. The third-order valence-electron chi connectivity index (χ3n) is 4.31. The first-order valence-electron chi connectivity index (χ1n) is 8.37. The average molecular weight is 331 g/mol. The summed E-state index contributed by atoms with van der Waals surface area (Å²) in [6, 6.07) is 12.6. The van der Waals surface area contributed by atoms with Crippen LogP contribution in [-0.2, 0) is 0 Å². The molecule has 1 N–H and O–H groups in total. The van der Waals surface area contributed by atoms with Gasteiger partial charge in [0.25, 0.3) is 0 Å². The highest BCUT2D eigenvalue weighted by Gasteiger charge is 2.23. The maximum absolute atomic E-state index is 4.75. The highest BCUT2D eigenvalue weighted by molar-refractivity contribution is 5.68. The molecule has 4 heterocycles. The van der Waals surface area contributed by atoms with Gasteiger partial charge in [-0.2, -0.15) is 5.10 Å². The Kier molecular flexibility index (Phi) is 3.06. The van der Waals surface area contributed by atoms with Crippen molar-refractivity contribution in [2.24, 2.45) is 0 Å². The molecule has 1 aliphatic rings. The molecule has 0 amide bonds. The maximum Gasteiger partial charge on any atom is 0.155 e. The second-order valence-electron chi connectivity index (χ2n) is 6.36. The van der Waals surface area contributed by atoms with Gasteiger partial charge in [0.05, 0.1) is 5.69 Å². The Hall–Kier alpha value is -3.22. The van der Waals surface area contributed by atoms with Crippen LogP contribution >= 0.6 is 0 Å². The second kappa shape index (κ2) is 5.41. The fourth-order valence-electron chi connectivity index (χ4n) is 2.89. The van der Waals surface area contributed by atoms with Gasteiger partial charge in [0.1, 0.15) is 12.1 Å². The number of fused-ring (bicyclic) bond motifs is 1. The number of rotatable bonds is 4. The summed E-state index contributed by atoms with van der Waals surface area (Å²) in [7, 11) is 0. The van der Waals surface area contributed by atoms with Crippen LogP contribution in [0.1, 0.15) is 18.5 Å². The Labute approximate surface area is 144 Å². The first-order chi connectivity index (χ1) is 12.3. The molecule has 1 saturated carbocycles. The van der Waals surface area contributed by atoms with Crippen molar-refractivity contribution in [2.45, 2.75) is 25.8 Å². The number of aryl methyl sites for hydroxylation is 1. The first-order valence-corrected chi connectivity index (χ1v) is 8.37. The number of pyridine rings is 2. The quantitative estimate of drug-likeness (QED) is 0.622. The van der Waals surface area contributed by atoms with E-state index < -0.39 is 0 Å². The van der Waals surface area contributed by atoms with E-state index in [1.54, 1.807) is 10.8 Å². The minimum Gasteiger partial charge on any atom is -0.366 e. The van der Waals surface area contributed by atoms with Crippen molar-refractivity contribution in [2.75, 3.05) is 5.32 Å². The Balaban J connectivity index is 1.66. The molecule has 124 valence electrons. The molecule has 4 aromatic heterocycles. The van der Waals surface area contributed by atoms with Crippen molar-refractivity contribution in [3.8, 4) is 17.1 Å². The lowest BCUT2D eigenvalue weighted by Crippen LogP contribution is -2.05. The zero-order valence-electron chi connectivity index (χ0n) is 13.8. The zero-order chi connectivity index (χ0) is 16.8. The van der Waals surface area contributed by atoms with Crippen LogP contribution in [0.2, 0.25) is 0 Å². The summed E-state index contributed by atoms with van der Waals surface area (Å²) in [5.74, 6) is 1.68. The number of nitrogens with zero attached hydrogens (tertiary/aromatic N) is 6. The molecule has 4 aromatic rings. The van der Waals surface area contributed by atoms with Crippen molar-refractivity contribution in [3.63, 3.8) is 0 Å². The Morgan fingerprint density at radius 2 is 2.08 bits per heavy atom. The minimum atomic E-state index is 0.542. The molecule has 5 rings (SSSR count). The van der Waals surface area contributed by atoms with Crippen molar-refractivity contribution in [1.29, 1.82) is 0 Å². The van der Waals surface area contributed by atoms with Crippen LogP contribution < -0.4 is 5.32 Å². The topological polar surface area (TPSA) is 72.9 Å². The van der Waals surface area contributed by atoms with E-state index >= 15 is 0 Å². The number of aromatic nitrogens is 6. The molecular weight excluding hydrogens is 314 g/mol. The lowest BCUT2D eigenvalue weighted by Gasteiger charge is -2.07. The molecule has 0 atom stereocenters. The van der Waals surface area contributed by atoms with Crippen LogP contribution in [0.15, 0.2) is 48.9 Å². The van der Waals surface area contributed by atoms with Gasteiger partial charge in [-0.3, -0.25) is 0 Å². The third-order valence-corrected chi connectivity index (χ3v) is 4.31. The number of anilines is 1. The zero-order valence-corrected chi connectivity index (χ0v) is 13.8. The van der Waals surface area contributed by atoms with E-state index in [0.29, 0.717) is 6.04 Å². The maximum atomic E-state index is 4.75. The van der Waals surface area contributed by atoms with Gasteiger partial charge >= 0.3 is 0 Å². The van der Waals surface area contributed by atoms with Gasteiger partial charge < -0.3 is 5.32 Å². The van der Waals surface area contributed by atoms with Crippen LogP contribution in [-0.4, -0.2) is 35.4 Å². The molecular formula is C18H17N7. The van der Waals surface area contributed by atoms with Gasteiger partial charge in [-0.1, -0.05) is 6.07 Å². The fourth-order valence-corrected chi connectivity index (χ4v) is 2.89. The monoisotopic (exact) mass is 331 g/mol. The third kappa shape index (κ3) is 2.63. The molecule has 25 heavy (non-hydrogen) atoms. The summed E-state index contributed by atoms with van der Waals surface area (Å²) in [5, 5.41) is 12.4. The van der Waals surface area contributed by atoms with Crippen molar-refractivity contribution in [3.05, 3.63) is 54.6 Å². The van der Waals surface area contributed by atoms with Gasteiger partial charge in [-0.05, 0) is 44.0 Å². The molecule has 0 spiro atoms. The molecule has 1 aliphatic carbocycles. The number of hydrogen-bond acceptors (Lipinski definition) is 5. The highest BCUT2D eigenvalue weighted by atomic mass is 15.4. The summed E-state index contributed by atoms with van der Waals surface area (Å²) in [6.45, 7) is 1.98. The molecule has 0 saturated heterocycles. The van der Waals surface area contributed by atoms with Crippen molar-refractivity contribution >= 4 is 11.5 Å². The molecule has 0 radical (unpaired) electrons. The van der Waals surface area contributed by atoms with Crippen molar-refractivity contribution < 1.29 is 0 Å². The average Bonchev–Trinajstić information content (AvgIpc) is 3.14. The Morgan fingerprint density at radius 1 is 1.16 bits per heavy atom. The molecule has 0 bridgehead atoms. The highest BCUT2D eigenvalue weighted by Crippen LogP contribution is 2.29. The van der Waals surface area contributed by atoms with Gasteiger partial charge in [0, 0.05) is 29.6 Å². The van der Waals surface area contributed by atoms with E-state index in [1.165, 1.54) is 12.8 Å². The summed E-state index contributed by atoms with van der Waals surface area (Å²) in [5.41, 5.74) is 3.77.